The van der Waals surface area contributed by atoms with Crippen molar-refractivity contribution in [2.75, 3.05) is 5.32 Å². The van der Waals surface area contributed by atoms with Crippen molar-refractivity contribution in [1.29, 1.82) is 0 Å². The Bertz CT molecular complexity index is 790. The number of anilines is 1. The van der Waals surface area contributed by atoms with E-state index in [1.54, 1.807) is 0 Å². The molecule has 3 rings (SSSR count). The molecule has 0 radical (unpaired) electrons. The summed E-state index contributed by atoms with van der Waals surface area (Å²) in [5, 5.41) is 16.6. The van der Waals surface area contributed by atoms with E-state index in [0.717, 1.165) is 29.7 Å². The molecule has 0 saturated heterocycles. The van der Waals surface area contributed by atoms with E-state index in [2.05, 4.69) is 46.7 Å². The van der Waals surface area contributed by atoms with Crippen molar-refractivity contribution >= 4 is 28.2 Å². The van der Waals surface area contributed by atoms with E-state index < -0.39 is 5.91 Å². The Kier molecular flexibility index (Phi) is 4.59. The maximum absolute atomic E-state index is 12.2. The van der Waals surface area contributed by atoms with E-state index >= 15 is 0 Å². The van der Waals surface area contributed by atoms with E-state index in [1.807, 2.05) is 0 Å². The highest BCUT2D eigenvalue weighted by atomic mass is 32.1. The number of rotatable bonds is 4. The number of aromatic nitrogens is 4. The minimum absolute atomic E-state index is 0.0120. The zero-order chi connectivity index (χ0) is 18.2. The molecule has 0 spiro atoms. The van der Waals surface area contributed by atoms with Gasteiger partial charge in [0.25, 0.3) is 5.91 Å². The van der Waals surface area contributed by atoms with Gasteiger partial charge in [0.15, 0.2) is 5.82 Å². The number of carbonyl (C=O) groups is 2. The van der Waals surface area contributed by atoms with Crippen molar-refractivity contribution in [3.8, 4) is 0 Å². The standard InChI is InChI=1S/C16H22N6O2S/c1-16(2,3)8-4-5-9-10(6-8)25-15(13(9)14(17)24)18-12(23)7-11-19-21-22-20-11/h8H,4-7H2,1-3H3,(H2,17,24)(H,18,23)(H,19,20,21,22). The molecule has 25 heavy (non-hydrogen) atoms. The van der Waals surface area contributed by atoms with E-state index in [9.17, 15) is 9.59 Å². The van der Waals surface area contributed by atoms with Crippen LogP contribution in [0.3, 0.4) is 0 Å². The number of hydrogen-bond acceptors (Lipinski definition) is 6. The molecule has 2 heterocycles. The van der Waals surface area contributed by atoms with Crippen LogP contribution in [0, 0.1) is 11.3 Å². The van der Waals surface area contributed by atoms with Crippen LogP contribution < -0.4 is 11.1 Å². The van der Waals surface area contributed by atoms with Crippen LogP contribution in [0.15, 0.2) is 0 Å². The zero-order valence-corrected chi connectivity index (χ0v) is 15.4. The van der Waals surface area contributed by atoms with E-state index in [0.29, 0.717) is 22.3 Å². The predicted octanol–water partition coefficient (Wildman–Crippen LogP) is 1.69. The third-order valence-electron chi connectivity index (χ3n) is 4.70. The lowest BCUT2D eigenvalue weighted by atomic mass is 9.72. The van der Waals surface area contributed by atoms with Gasteiger partial charge in [0.1, 0.15) is 5.00 Å². The van der Waals surface area contributed by atoms with Gasteiger partial charge >= 0.3 is 0 Å². The molecule has 0 aromatic carbocycles. The number of carbonyl (C=O) groups excluding carboxylic acids is 2. The van der Waals surface area contributed by atoms with Crippen LogP contribution in [-0.4, -0.2) is 32.4 Å². The van der Waals surface area contributed by atoms with Gasteiger partial charge in [-0.2, -0.15) is 5.21 Å². The van der Waals surface area contributed by atoms with E-state index in [-0.39, 0.29) is 17.7 Å². The van der Waals surface area contributed by atoms with Gasteiger partial charge in [-0.1, -0.05) is 26.0 Å². The Hall–Kier alpha value is -2.29. The van der Waals surface area contributed by atoms with Gasteiger partial charge in [0.05, 0.1) is 12.0 Å². The van der Waals surface area contributed by atoms with Crippen molar-refractivity contribution in [2.45, 2.75) is 46.5 Å². The van der Waals surface area contributed by atoms with Crippen LogP contribution >= 0.6 is 11.3 Å². The zero-order valence-electron chi connectivity index (χ0n) is 14.5. The molecule has 1 unspecified atom stereocenters. The summed E-state index contributed by atoms with van der Waals surface area (Å²) >= 11 is 1.45. The highest BCUT2D eigenvalue weighted by molar-refractivity contribution is 7.17. The second kappa shape index (κ2) is 6.55. The fourth-order valence-electron chi connectivity index (χ4n) is 3.25. The van der Waals surface area contributed by atoms with Gasteiger partial charge in [-0.25, -0.2) is 0 Å². The van der Waals surface area contributed by atoms with E-state index in [4.69, 9.17) is 5.73 Å². The number of aromatic amines is 1. The third kappa shape index (κ3) is 3.71. The molecular weight excluding hydrogens is 340 g/mol. The van der Waals surface area contributed by atoms with Crippen LogP contribution in [0.2, 0.25) is 0 Å². The number of primary amides is 1. The fraction of sp³-hybridized carbons (Fsp3) is 0.562. The molecule has 134 valence electrons. The highest BCUT2D eigenvalue weighted by Crippen LogP contribution is 2.44. The largest absolute Gasteiger partial charge is 0.365 e. The van der Waals surface area contributed by atoms with Crippen molar-refractivity contribution in [1.82, 2.24) is 20.6 Å². The van der Waals surface area contributed by atoms with Gasteiger partial charge in [-0.05, 0) is 36.2 Å². The summed E-state index contributed by atoms with van der Waals surface area (Å²) in [6.07, 6.45) is 2.73. The van der Waals surface area contributed by atoms with Crippen LogP contribution in [0.4, 0.5) is 5.00 Å². The monoisotopic (exact) mass is 362 g/mol. The first kappa shape index (κ1) is 17.5. The van der Waals surface area contributed by atoms with Gasteiger partial charge in [0.2, 0.25) is 5.91 Å². The van der Waals surface area contributed by atoms with Crippen molar-refractivity contribution in [3.63, 3.8) is 0 Å². The summed E-state index contributed by atoms with van der Waals surface area (Å²) < 4.78 is 0. The fourth-order valence-corrected chi connectivity index (χ4v) is 4.59. The quantitative estimate of drug-likeness (QED) is 0.763. The number of nitrogens with one attached hydrogen (secondary N) is 2. The van der Waals surface area contributed by atoms with Gasteiger partial charge < -0.3 is 11.1 Å². The molecule has 1 atom stereocenters. The molecule has 0 saturated carbocycles. The Morgan fingerprint density at radius 3 is 2.76 bits per heavy atom. The topological polar surface area (TPSA) is 127 Å². The minimum atomic E-state index is -0.499. The number of fused-ring (bicyclic) bond motifs is 1. The van der Waals surface area contributed by atoms with E-state index in [1.165, 1.54) is 11.3 Å². The number of nitrogens with zero attached hydrogens (tertiary/aromatic N) is 3. The molecular formula is C16H22N6O2S. The highest BCUT2D eigenvalue weighted by Gasteiger charge is 2.33. The molecule has 0 bridgehead atoms. The summed E-state index contributed by atoms with van der Waals surface area (Å²) in [7, 11) is 0. The third-order valence-corrected chi connectivity index (χ3v) is 5.87. The lowest BCUT2D eigenvalue weighted by Gasteiger charge is -2.33. The SMILES string of the molecule is CC(C)(C)C1CCc2c(sc(NC(=O)Cc3nn[nH]n3)c2C(N)=O)C1. The van der Waals surface area contributed by atoms with Gasteiger partial charge in [-0.15, -0.1) is 21.5 Å². The predicted molar refractivity (Wildman–Crippen MR) is 94.3 cm³/mol. The van der Waals surface area contributed by atoms with Crippen LogP contribution in [0.1, 0.15) is 53.8 Å². The minimum Gasteiger partial charge on any atom is -0.365 e. The Balaban J connectivity index is 1.84. The number of amides is 2. The average Bonchev–Trinajstić information content (AvgIpc) is 3.11. The van der Waals surface area contributed by atoms with Crippen LogP contribution in [0.25, 0.3) is 0 Å². The van der Waals surface area contributed by atoms with Gasteiger partial charge in [0, 0.05) is 4.88 Å². The van der Waals surface area contributed by atoms with Gasteiger partial charge in [-0.3, -0.25) is 9.59 Å². The Morgan fingerprint density at radius 2 is 2.16 bits per heavy atom. The summed E-state index contributed by atoms with van der Waals surface area (Å²) in [5.74, 6) is 0.0472. The van der Waals surface area contributed by atoms with Crippen molar-refractivity contribution in [2.24, 2.45) is 17.1 Å². The smallest absolute Gasteiger partial charge is 0.251 e. The number of hydrogen-bond donors (Lipinski definition) is 3. The number of tetrazole rings is 1. The molecule has 0 aliphatic heterocycles. The molecule has 8 nitrogen and oxygen atoms in total. The summed E-state index contributed by atoms with van der Waals surface area (Å²) in [6, 6.07) is 0. The van der Waals surface area contributed by atoms with Crippen molar-refractivity contribution in [3.05, 3.63) is 21.8 Å². The number of H-pyrrole nitrogens is 1. The molecule has 1 aliphatic rings. The molecule has 1 aliphatic carbocycles. The number of nitrogens with two attached hydrogens (primary N) is 1. The summed E-state index contributed by atoms with van der Waals surface area (Å²) in [5.41, 5.74) is 7.24. The first-order chi connectivity index (χ1) is 11.8. The summed E-state index contributed by atoms with van der Waals surface area (Å²) in [6.45, 7) is 6.70. The average molecular weight is 362 g/mol. The summed E-state index contributed by atoms with van der Waals surface area (Å²) in [4.78, 5) is 25.3. The normalized spacial score (nSPS) is 17.2. The Labute approximate surface area is 149 Å². The molecule has 0 fully saturated rings. The molecule has 2 amide bonds. The first-order valence-electron chi connectivity index (χ1n) is 8.22. The van der Waals surface area contributed by atoms with Crippen LogP contribution in [-0.2, 0) is 24.1 Å². The molecule has 2 aromatic heterocycles. The number of thiophene rings is 1. The second-order valence-electron chi connectivity index (χ2n) is 7.43. The Morgan fingerprint density at radius 1 is 1.40 bits per heavy atom. The van der Waals surface area contributed by atoms with Crippen molar-refractivity contribution < 1.29 is 9.59 Å². The lowest BCUT2D eigenvalue weighted by Crippen LogP contribution is -2.27. The second-order valence-corrected chi connectivity index (χ2v) is 8.54. The van der Waals surface area contributed by atoms with Crippen LogP contribution in [0.5, 0.6) is 0 Å². The maximum Gasteiger partial charge on any atom is 0.251 e. The molecule has 2 aromatic rings. The maximum atomic E-state index is 12.2. The molecule has 4 N–H and O–H groups in total. The lowest BCUT2D eigenvalue weighted by molar-refractivity contribution is -0.115. The first-order valence-corrected chi connectivity index (χ1v) is 9.04. The molecule has 9 heteroatoms.